The van der Waals surface area contributed by atoms with Crippen LogP contribution in [0, 0.1) is 0 Å². The summed E-state index contributed by atoms with van der Waals surface area (Å²) in [6.07, 6.45) is 0. The highest BCUT2D eigenvalue weighted by atomic mass is 32.1. The van der Waals surface area contributed by atoms with Crippen LogP contribution in [0.1, 0.15) is 41.4 Å². The molecule has 0 fully saturated rings. The Balaban J connectivity index is 2.09. The normalized spacial score (nSPS) is 10.6. The minimum Gasteiger partial charge on any atom is -0.389 e. The van der Waals surface area contributed by atoms with E-state index in [0.717, 1.165) is 11.3 Å². The van der Waals surface area contributed by atoms with Gasteiger partial charge in [0, 0.05) is 16.5 Å². The first kappa shape index (κ1) is 14.6. The second kappa shape index (κ2) is 6.11. The zero-order valence-electron chi connectivity index (χ0n) is 11.2. The molecule has 0 radical (unpaired) electrons. The number of benzene rings is 1. The number of carbonyl (C=O) groups is 1. The number of rotatable bonds is 4. The van der Waals surface area contributed by atoms with Crippen molar-refractivity contribution in [2.24, 2.45) is 5.73 Å². The van der Waals surface area contributed by atoms with Crippen molar-refractivity contribution >= 4 is 39.6 Å². The van der Waals surface area contributed by atoms with Crippen LogP contribution in [0.25, 0.3) is 0 Å². The molecule has 0 aliphatic carbocycles. The number of nitrogens with one attached hydrogen (secondary N) is 1. The molecule has 4 nitrogen and oxygen atoms in total. The molecule has 0 unspecified atom stereocenters. The van der Waals surface area contributed by atoms with Gasteiger partial charge in [-0.1, -0.05) is 38.2 Å². The molecule has 3 N–H and O–H groups in total. The Morgan fingerprint density at radius 1 is 1.30 bits per heavy atom. The van der Waals surface area contributed by atoms with Gasteiger partial charge in [0.1, 0.15) is 4.99 Å². The summed E-state index contributed by atoms with van der Waals surface area (Å²) in [6.45, 7) is 4.13. The molecular formula is C14H15N3OS2. The Hall–Kier alpha value is -1.79. The molecule has 0 aliphatic heterocycles. The Morgan fingerprint density at radius 3 is 2.40 bits per heavy atom. The lowest BCUT2D eigenvalue weighted by Crippen LogP contribution is -2.13. The Labute approximate surface area is 127 Å². The second-order valence-corrected chi connectivity index (χ2v) is 5.93. The van der Waals surface area contributed by atoms with Crippen LogP contribution in [0.2, 0.25) is 0 Å². The van der Waals surface area contributed by atoms with Crippen LogP contribution < -0.4 is 11.1 Å². The van der Waals surface area contributed by atoms with Gasteiger partial charge in [-0.2, -0.15) is 0 Å². The maximum absolute atomic E-state index is 12.1. The number of nitrogens with zero attached hydrogens (tertiary/aromatic N) is 1. The van der Waals surface area contributed by atoms with Gasteiger partial charge >= 0.3 is 0 Å². The van der Waals surface area contributed by atoms with Crippen LogP contribution in [0.4, 0.5) is 5.13 Å². The summed E-state index contributed by atoms with van der Waals surface area (Å²) in [4.78, 5) is 16.8. The van der Waals surface area contributed by atoms with Crippen LogP contribution in [0.15, 0.2) is 29.6 Å². The molecule has 0 saturated heterocycles. The second-order valence-electron chi connectivity index (χ2n) is 4.63. The van der Waals surface area contributed by atoms with Gasteiger partial charge < -0.3 is 5.73 Å². The van der Waals surface area contributed by atoms with Crippen molar-refractivity contribution in [3.63, 3.8) is 0 Å². The molecule has 2 aromatic rings. The average Bonchev–Trinajstić information content (AvgIpc) is 2.87. The van der Waals surface area contributed by atoms with Gasteiger partial charge in [-0.25, -0.2) is 4.98 Å². The fraction of sp³-hybridized carbons (Fsp3) is 0.214. The van der Waals surface area contributed by atoms with E-state index >= 15 is 0 Å². The molecule has 0 bridgehead atoms. The summed E-state index contributed by atoms with van der Waals surface area (Å²) in [5.74, 6) is 0.158. The highest BCUT2D eigenvalue weighted by molar-refractivity contribution is 7.80. The molecule has 0 saturated carbocycles. The van der Waals surface area contributed by atoms with Gasteiger partial charge in [0.25, 0.3) is 5.91 Å². The maximum atomic E-state index is 12.1. The van der Waals surface area contributed by atoms with Crippen molar-refractivity contribution in [2.75, 3.05) is 5.32 Å². The van der Waals surface area contributed by atoms with E-state index in [0.29, 0.717) is 21.6 Å². The number of hydrogen-bond donors (Lipinski definition) is 2. The third kappa shape index (κ3) is 3.40. The number of amides is 1. The number of thiocarbonyl (C=S) groups is 1. The summed E-state index contributed by atoms with van der Waals surface area (Å²) in [6, 6.07) is 6.86. The average molecular weight is 305 g/mol. The standard InChI is InChI=1S/C14H15N3OS2/c1-8(2)11-7-20-14(16-11)17-13(18)10-5-3-9(4-6-10)12(15)19/h3-8H,1-2H3,(H2,15,19)(H,16,17,18). The fourth-order valence-electron chi connectivity index (χ4n) is 1.56. The van der Waals surface area contributed by atoms with E-state index in [-0.39, 0.29) is 5.91 Å². The first-order valence-corrected chi connectivity index (χ1v) is 7.43. The molecule has 6 heteroatoms. The van der Waals surface area contributed by atoms with E-state index < -0.39 is 0 Å². The van der Waals surface area contributed by atoms with E-state index in [9.17, 15) is 4.79 Å². The summed E-state index contributed by atoms with van der Waals surface area (Å²) in [5, 5.41) is 5.35. The fourth-order valence-corrected chi connectivity index (χ4v) is 2.57. The predicted octanol–water partition coefficient (Wildman–Crippen LogP) is 3.15. The van der Waals surface area contributed by atoms with Crippen LogP contribution >= 0.6 is 23.6 Å². The minimum atomic E-state index is -0.191. The Bertz CT molecular complexity index is 632. The number of nitrogens with two attached hydrogens (primary N) is 1. The molecule has 0 aliphatic rings. The molecule has 1 aromatic heterocycles. The van der Waals surface area contributed by atoms with Gasteiger partial charge in [-0.05, 0) is 18.1 Å². The Kier molecular flexibility index (Phi) is 4.46. The molecular weight excluding hydrogens is 290 g/mol. The Morgan fingerprint density at radius 2 is 1.90 bits per heavy atom. The summed E-state index contributed by atoms with van der Waals surface area (Å²) < 4.78 is 0. The van der Waals surface area contributed by atoms with E-state index in [4.69, 9.17) is 18.0 Å². The van der Waals surface area contributed by atoms with Crippen LogP contribution in [-0.4, -0.2) is 15.9 Å². The van der Waals surface area contributed by atoms with Gasteiger partial charge in [0.05, 0.1) is 5.69 Å². The van der Waals surface area contributed by atoms with Crippen molar-refractivity contribution in [3.05, 3.63) is 46.5 Å². The topological polar surface area (TPSA) is 68.0 Å². The summed E-state index contributed by atoms with van der Waals surface area (Å²) >= 11 is 6.30. The number of thiazole rings is 1. The highest BCUT2D eigenvalue weighted by Crippen LogP contribution is 2.21. The molecule has 1 aromatic carbocycles. The van der Waals surface area contributed by atoms with Crippen LogP contribution in [0.3, 0.4) is 0 Å². The van der Waals surface area contributed by atoms with Crippen molar-refractivity contribution in [1.82, 2.24) is 4.98 Å². The molecule has 1 heterocycles. The quantitative estimate of drug-likeness (QED) is 0.851. The van der Waals surface area contributed by atoms with Crippen LogP contribution in [-0.2, 0) is 0 Å². The lowest BCUT2D eigenvalue weighted by atomic mass is 10.1. The third-order valence-electron chi connectivity index (χ3n) is 2.77. The largest absolute Gasteiger partial charge is 0.389 e. The monoisotopic (exact) mass is 305 g/mol. The van der Waals surface area contributed by atoms with Crippen LogP contribution in [0.5, 0.6) is 0 Å². The van der Waals surface area contributed by atoms with E-state index in [2.05, 4.69) is 24.1 Å². The molecule has 2 rings (SSSR count). The zero-order valence-corrected chi connectivity index (χ0v) is 12.8. The van der Waals surface area contributed by atoms with Gasteiger partial charge in [-0.15, -0.1) is 11.3 Å². The first-order valence-electron chi connectivity index (χ1n) is 6.14. The summed E-state index contributed by atoms with van der Waals surface area (Å²) in [7, 11) is 0. The lowest BCUT2D eigenvalue weighted by molar-refractivity contribution is 0.102. The smallest absolute Gasteiger partial charge is 0.257 e. The van der Waals surface area contributed by atoms with Crippen molar-refractivity contribution in [1.29, 1.82) is 0 Å². The van der Waals surface area contributed by atoms with E-state index in [1.54, 1.807) is 24.3 Å². The summed E-state index contributed by atoms with van der Waals surface area (Å²) in [5.41, 5.74) is 7.79. The minimum absolute atomic E-state index is 0.191. The molecule has 0 atom stereocenters. The maximum Gasteiger partial charge on any atom is 0.257 e. The first-order chi connectivity index (χ1) is 9.47. The molecule has 20 heavy (non-hydrogen) atoms. The highest BCUT2D eigenvalue weighted by Gasteiger charge is 2.10. The molecule has 104 valence electrons. The lowest BCUT2D eigenvalue weighted by Gasteiger charge is -2.03. The van der Waals surface area contributed by atoms with Gasteiger partial charge in [0.2, 0.25) is 0 Å². The predicted molar refractivity (Wildman–Crippen MR) is 86.5 cm³/mol. The molecule has 0 spiro atoms. The van der Waals surface area contributed by atoms with E-state index in [1.165, 1.54) is 11.3 Å². The SMILES string of the molecule is CC(C)c1csc(NC(=O)c2ccc(C(N)=S)cc2)n1. The van der Waals surface area contributed by atoms with Crippen molar-refractivity contribution < 1.29 is 4.79 Å². The molecule has 1 amide bonds. The third-order valence-corrected chi connectivity index (χ3v) is 3.78. The van der Waals surface area contributed by atoms with Gasteiger partial charge in [-0.3, -0.25) is 10.1 Å². The van der Waals surface area contributed by atoms with Gasteiger partial charge in [0.15, 0.2) is 5.13 Å². The number of carbonyl (C=O) groups excluding carboxylic acids is 1. The number of hydrogen-bond acceptors (Lipinski definition) is 4. The van der Waals surface area contributed by atoms with E-state index in [1.807, 2.05) is 5.38 Å². The van der Waals surface area contributed by atoms with Crippen molar-refractivity contribution in [3.8, 4) is 0 Å². The van der Waals surface area contributed by atoms with Crippen molar-refractivity contribution in [2.45, 2.75) is 19.8 Å². The number of anilines is 1. The zero-order chi connectivity index (χ0) is 14.7. The number of aromatic nitrogens is 1.